The number of piperazine rings is 1. The third kappa shape index (κ3) is 4.14. The van der Waals surface area contributed by atoms with E-state index in [1.165, 1.54) is 24.3 Å². The first-order valence-electron chi connectivity index (χ1n) is 8.54. The predicted octanol–water partition coefficient (Wildman–Crippen LogP) is 1.02. The Morgan fingerprint density at radius 3 is 2.28 bits per heavy atom. The lowest BCUT2D eigenvalue weighted by Crippen LogP contribution is -2.55. The summed E-state index contributed by atoms with van der Waals surface area (Å²) in [6.07, 6.45) is 2.13. The zero-order valence-electron chi connectivity index (χ0n) is 14.2. The van der Waals surface area contributed by atoms with Gasteiger partial charge in [-0.15, -0.1) is 0 Å². The summed E-state index contributed by atoms with van der Waals surface area (Å²) in [5.74, 6) is -0.0812. The Bertz CT molecular complexity index is 664. The van der Waals surface area contributed by atoms with Crippen molar-refractivity contribution in [1.82, 2.24) is 15.1 Å². The molecule has 1 aromatic carbocycles. The van der Waals surface area contributed by atoms with Gasteiger partial charge in [-0.1, -0.05) is 0 Å². The van der Waals surface area contributed by atoms with Gasteiger partial charge in [0.25, 0.3) is 11.6 Å². The van der Waals surface area contributed by atoms with E-state index >= 15 is 0 Å². The molecule has 25 heavy (non-hydrogen) atoms. The van der Waals surface area contributed by atoms with E-state index in [9.17, 15) is 19.7 Å². The molecule has 1 heterocycles. The zero-order valence-corrected chi connectivity index (χ0v) is 14.2. The molecule has 0 aromatic heterocycles. The first-order chi connectivity index (χ1) is 12.0. The van der Waals surface area contributed by atoms with Gasteiger partial charge in [-0.25, -0.2) is 0 Å². The number of benzene rings is 1. The van der Waals surface area contributed by atoms with Gasteiger partial charge < -0.3 is 10.2 Å². The summed E-state index contributed by atoms with van der Waals surface area (Å²) >= 11 is 0. The number of hydrogen-bond acceptors (Lipinski definition) is 5. The fraction of sp³-hybridized carbons (Fsp3) is 0.529. The molecule has 1 atom stereocenters. The Morgan fingerprint density at radius 2 is 1.76 bits per heavy atom. The molecule has 2 aliphatic rings. The number of amides is 2. The van der Waals surface area contributed by atoms with E-state index in [1.807, 2.05) is 6.92 Å². The average molecular weight is 346 g/mol. The van der Waals surface area contributed by atoms with Crippen LogP contribution >= 0.6 is 0 Å². The topological polar surface area (TPSA) is 95.8 Å². The van der Waals surface area contributed by atoms with Crippen molar-refractivity contribution in [2.45, 2.75) is 31.8 Å². The van der Waals surface area contributed by atoms with Crippen LogP contribution < -0.4 is 5.32 Å². The maximum atomic E-state index is 12.5. The molecular formula is C17H22N4O4. The van der Waals surface area contributed by atoms with E-state index in [1.54, 1.807) is 4.90 Å². The van der Waals surface area contributed by atoms with Crippen molar-refractivity contribution in [1.29, 1.82) is 0 Å². The molecule has 134 valence electrons. The van der Waals surface area contributed by atoms with Crippen LogP contribution in [-0.4, -0.2) is 64.8 Å². The molecule has 1 unspecified atom stereocenters. The van der Waals surface area contributed by atoms with Crippen LogP contribution in [0.1, 0.15) is 30.1 Å². The first-order valence-corrected chi connectivity index (χ1v) is 8.54. The number of rotatable bonds is 5. The number of nitrogens with zero attached hydrogens (tertiary/aromatic N) is 3. The Hall–Kier alpha value is -2.48. The average Bonchev–Trinajstić information content (AvgIpc) is 3.44. The molecule has 1 saturated heterocycles. The van der Waals surface area contributed by atoms with Crippen molar-refractivity contribution in [3.8, 4) is 0 Å². The summed E-state index contributed by atoms with van der Waals surface area (Å²) in [6.45, 7) is 4.25. The number of hydrogen-bond donors (Lipinski definition) is 1. The van der Waals surface area contributed by atoms with Gasteiger partial charge in [-0.05, 0) is 31.9 Å². The van der Waals surface area contributed by atoms with E-state index in [4.69, 9.17) is 0 Å². The van der Waals surface area contributed by atoms with Crippen molar-refractivity contribution in [3.05, 3.63) is 39.9 Å². The highest BCUT2D eigenvalue weighted by Gasteiger charge is 2.31. The van der Waals surface area contributed by atoms with E-state index in [0.29, 0.717) is 37.8 Å². The molecule has 0 bridgehead atoms. The second-order valence-corrected chi connectivity index (χ2v) is 6.59. The fourth-order valence-corrected chi connectivity index (χ4v) is 2.94. The van der Waals surface area contributed by atoms with E-state index in [2.05, 4.69) is 10.2 Å². The molecule has 1 aromatic rings. The molecule has 3 rings (SSSR count). The van der Waals surface area contributed by atoms with Crippen LogP contribution in [0.25, 0.3) is 0 Å². The standard InChI is InChI=1S/C17H22N4O4/c1-12(16(22)18-14-4-5-14)19-8-10-20(11-9-19)17(23)13-2-6-15(7-3-13)21(24)25/h2-3,6-7,12,14H,4-5,8-11H2,1H3,(H,18,22). The quantitative estimate of drug-likeness (QED) is 0.634. The van der Waals surface area contributed by atoms with E-state index < -0.39 is 4.92 Å². The number of nitro benzene ring substituents is 1. The molecule has 0 radical (unpaired) electrons. The van der Waals surface area contributed by atoms with Crippen molar-refractivity contribution in [2.75, 3.05) is 26.2 Å². The summed E-state index contributed by atoms with van der Waals surface area (Å²) in [4.78, 5) is 38.6. The van der Waals surface area contributed by atoms with Gasteiger partial charge in [0.15, 0.2) is 0 Å². The molecule has 8 nitrogen and oxygen atoms in total. The number of carbonyl (C=O) groups is 2. The van der Waals surface area contributed by atoms with Crippen molar-refractivity contribution < 1.29 is 14.5 Å². The lowest BCUT2D eigenvalue weighted by molar-refractivity contribution is -0.384. The number of carbonyl (C=O) groups excluding carboxylic acids is 2. The number of non-ortho nitro benzene ring substituents is 1. The van der Waals surface area contributed by atoms with Crippen LogP contribution in [0.2, 0.25) is 0 Å². The van der Waals surface area contributed by atoms with Gasteiger partial charge in [0.05, 0.1) is 11.0 Å². The fourth-order valence-electron chi connectivity index (χ4n) is 2.94. The third-order valence-corrected chi connectivity index (χ3v) is 4.78. The summed E-state index contributed by atoms with van der Waals surface area (Å²) in [7, 11) is 0. The Kier molecular flexibility index (Phi) is 4.98. The summed E-state index contributed by atoms with van der Waals surface area (Å²) in [5, 5.41) is 13.7. The number of nitro groups is 1. The summed E-state index contributed by atoms with van der Waals surface area (Å²) < 4.78 is 0. The van der Waals surface area contributed by atoms with Gasteiger partial charge in [-0.3, -0.25) is 24.6 Å². The minimum absolute atomic E-state index is 0.0307. The van der Waals surface area contributed by atoms with Crippen LogP contribution in [0.5, 0.6) is 0 Å². The van der Waals surface area contributed by atoms with E-state index in [0.717, 1.165) is 12.8 Å². The molecule has 0 spiro atoms. The Labute approximate surface area is 145 Å². The molecule has 8 heteroatoms. The summed E-state index contributed by atoms with van der Waals surface area (Å²) in [6, 6.07) is 5.80. The SMILES string of the molecule is CC(C(=O)NC1CC1)N1CCN(C(=O)c2ccc([N+](=O)[O-])cc2)CC1. The van der Waals surface area contributed by atoms with Crippen LogP contribution in [0.15, 0.2) is 24.3 Å². The molecule has 1 aliphatic carbocycles. The maximum absolute atomic E-state index is 12.5. The van der Waals surface area contributed by atoms with Gasteiger partial charge in [-0.2, -0.15) is 0 Å². The second-order valence-electron chi connectivity index (χ2n) is 6.59. The molecule has 1 N–H and O–H groups in total. The van der Waals surface area contributed by atoms with Crippen molar-refractivity contribution >= 4 is 17.5 Å². The van der Waals surface area contributed by atoms with Crippen LogP contribution in [0.3, 0.4) is 0 Å². The van der Waals surface area contributed by atoms with Crippen LogP contribution in [-0.2, 0) is 4.79 Å². The second kappa shape index (κ2) is 7.18. The predicted molar refractivity (Wildman–Crippen MR) is 91.2 cm³/mol. The van der Waals surface area contributed by atoms with Crippen LogP contribution in [0.4, 0.5) is 5.69 Å². The van der Waals surface area contributed by atoms with Crippen molar-refractivity contribution in [3.63, 3.8) is 0 Å². The first kappa shape index (κ1) is 17.3. The highest BCUT2D eigenvalue weighted by atomic mass is 16.6. The largest absolute Gasteiger partial charge is 0.352 e. The highest BCUT2D eigenvalue weighted by Crippen LogP contribution is 2.19. The zero-order chi connectivity index (χ0) is 18.0. The maximum Gasteiger partial charge on any atom is 0.269 e. The molecule has 2 fully saturated rings. The minimum Gasteiger partial charge on any atom is -0.352 e. The van der Waals surface area contributed by atoms with Gasteiger partial charge in [0, 0.05) is 49.9 Å². The highest BCUT2D eigenvalue weighted by molar-refractivity contribution is 5.94. The lowest BCUT2D eigenvalue weighted by Gasteiger charge is -2.37. The third-order valence-electron chi connectivity index (χ3n) is 4.78. The van der Waals surface area contributed by atoms with Gasteiger partial charge >= 0.3 is 0 Å². The minimum atomic E-state index is -0.485. The monoisotopic (exact) mass is 346 g/mol. The molecular weight excluding hydrogens is 324 g/mol. The smallest absolute Gasteiger partial charge is 0.269 e. The van der Waals surface area contributed by atoms with Crippen LogP contribution in [0, 0.1) is 10.1 Å². The molecule has 1 saturated carbocycles. The van der Waals surface area contributed by atoms with Crippen molar-refractivity contribution in [2.24, 2.45) is 0 Å². The lowest BCUT2D eigenvalue weighted by atomic mass is 10.1. The normalized spacial score (nSPS) is 19.3. The molecule has 1 aliphatic heterocycles. The molecule has 2 amide bonds. The number of nitrogens with one attached hydrogen (secondary N) is 1. The van der Waals surface area contributed by atoms with E-state index in [-0.39, 0.29) is 23.5 Å². The Balaban J connectivity index is 1.53. The van der Waals surface area contributed by atoms with Gasteiger partial charge in [0.1, 0.15) is 0 Å². The van der Waals surface area contributed by atoms with Gasteiger partial charge in [0.2, 0.25) is 5.91 Å². The Morgan fingerprint density at radius 1 is 1.16 bits per heavy atom. The summed E-state index contributed by atoms with van der Waals surface area (Å²) in [5.41, 5.74) is 0.412.